The number of hydrogen-bond acceptors (Lipinski definition) is 3. The summed E-state index contributed by atoms with van der Waals surface area (Å²) in [7, 11) is -3.47. The molecule has 1 aliphatic carbocycles. The van der Waals surface area contributed by atoms with Gasteiger partial charge in [0.25, 0.3) is 0 Å². The minimum atomic E-state index is -3.47. The Labute approximate surface area is 137 Å². The van der Waals surface area contributed by atoms with Gasteiger partial charge in [0, 0.05) is 11.1 Å². The highest BCUT2D eigenvalue weighted by Crippen LogP contribution is 2.23. The SMILES string of the molecule is CC1CCCCC1NC(=O)CS(=O)(=O)Cc1ccc(Cl)cc1. The van der Waals surface area contributed by atoms with Crippen LogP contribution in [0.2, 0.25) is 5.02 Å². The van der Waals surface area contributed by atoms with Gasteiger partial charge in [-0.25, -0.2) is 8.42 Å². The molecule has 0 aromatic heterocycles. The minimum Gasteiger partial charge on any atom is -0.352 e. The normalized spacial score (nSPS) is 22.3. The smallest absolute Gasteiger partial charge is 0.235 e. The second-order valence-electron chi connectivity index (χ2n) is 6.09. The molecular weight excluding hydrogens is 322 g/mol. The van der Waals surface area contributed by atoms with Crippen molar-refractivity contribution in [2.24, 2.45) is 5.92 Å². The number of halogens is 1. The summed E-state index contributed by atoms with van der Waals surface area (Å²) in [5.74, 6) is -0.583. The molecule has 2 unspecified atom stereocenters. The Hall–Kier alpha value is -1.07. The highest BCUT2D eigenvalue weighted by atomic mass is 35.5. The van der Waals surface area contributed by atoms with Crippen LogP contribution in [0.25, 0.3) is 0 Å². The van der Waals surface area contributed by atoms with E-state index in [2.05, 4.69) is 12.2 Å². The fourth-order valence-corrected chi connectivity index (χ4v) is 4.28. The molecule has 6 heteroatoms. The van der Waals surface area contributed by atoms with Gasteiger partial charge in [-0.2, -0.15) is 0 Å². The summed E-state index contributed by atoms with van der Waals surface area (Å²) >= 11 is 5.78. The third-order valence-electron chi connectivity index (χ3n) is 4.11. The van der Waals surface area contributed by atoms with Crippen LogP contribution in [0.1, 0.15) is 38.2 Å². The summed E-state index contributed by atoms with van der Waals surface area (Å²) in [6.07, 6.45) is 4.29. The first-order chi connectivity index (χ1) is 10.4. The zero-order valence-electron chi connectivity index (χ0n) is 12.7. The summed E-state index contributed by atoms with van der Waals surface area (Å²) in [6.45, 7) is 2.10. The Morgan fingerprint density at radius 3 is 2.50 bits per heavy atom. The number of amides is 1. The fourth-order valence-electron chi connectivity index (χ4n) is 2.86. The van der Waals surface area contributed by atoms with Crippen molar-refractivity contribution < 1.29 is 13.2 Å². The third kappa shape index (κ3) is 5.29. The highest BCUT2D eigenvalue weighted by molar-refractivity contribution is 7.91. The topological polar surface area (TPSA) is 63.2 Å². The van der Waals surface area contributed by atoms with Gasteiger partial charge in [-0.1, -0.05) is 43.5 Å². The van der Waals surface area contributed by atoms with E-state index in [0.717, 1.165) is 19.3 Å². The first kappa shape index (κ1) is 17.3. The lowest BCUT2D eigenvalue weighted by atomic mass is 9.86. The lowest BCUT2D eigenvalue weighted by Crippen LogP contribution is -2.43. The fraction of sp³-hybridized carbons (Fsp3) is 0.562. The molecule has 4 nitrogen and oxygen atoms in total. The van der Waals surface area contributed by atoms with Crippen LogP contribution in [-0.2, 0) is 20.4 Å². The van der Waals surface area contributed by atoms with E-state index >= 15 is 0 Å². The van der Waals surface area contributed by atoms with Crippen molar-refractivity contribution in [3.8, 4) is 0 Å². The van der Waals surface area contributed by atoms with Crippen LogP contribution in [0.15, 0.2) is 24.3 Å². The summed E-state index contributed by atoms with van der Waals surface area (Å²) < 4.78 is 24.2. The van der Waals surface area contributed by atoms with Crippen LogP contribution in [0.3, 0.4) is 0 Å². The molecule has 0 aliphatic heterocycles. The van der Waals surface area contributed by atoms with Crippen molar-refractivity contribution in [1.29, 1.82) is 0 Å². The standard InChI is InChI=1S/C16H22ClNO3S/c1-12-4-2-3-5-15(12)18-16(19)11-22(20,21)10-13-6-8-14(17)9-7-13/h6-9,12,15H,2-5,10-11H2,1H3,(H,18,19). The maximum Gasteiger partial charge on any atom is 0.235 e. The van der Waals surface area contributed by atoms with Gasteiger partial charge in [-0.3, -0.25) is 4.79 Å². The molecule has 2 rings (SSSR count). The molecule has 1 aromatic carbocycles. The van der Waals surface area contributed by atoms with Gasteiger partial charge in [0.05, 0.1) is 5.75 Å². The van der Waals surface area contributed by atoms with E-state index in [1.165, 1.54) is 6.42 Å². The quantitative estimate of drug-likeness (QED) is 0.894. The van der Waals surface area contributed by atoms with Crippen molar-refractivity contribution in [3.63, 3.8) is 0 Å². The summed E-state index contributed by atoms with van der Waals surface area (Å²) in [4.78, 5) is 12.0. The van der Waals surface area contributed by atoms with E-state index < -0.39 is 21.5 Å². The summed E-state index contributed by atoms with van der Waals surface area (Å²) in [5, 5.41) is 3.44. The number of rotatable bonds is 5. The van der Waals surface area contributed by atoms with Crippen LogP contribution >= 0.6 is 11.6 Å². The van der Waals surface area contributed by atoms with Crippen molar-refractivity contribution in [3.05, 3.63) is 34.9 Å². The molecule has 1 saturated carbocycles. The lowest BCUT2D eigenvalue weighted by molar-refractivity contribution is -0.119. The lowest BCUT2D eigenvalue weighted by Gasteiger charge is -2.29. The van der Waals surface area contributed by atoms with E-state index in [9.17, 15) is 13.2 Å². The minimum absolute atomic E-state index is 0.104. The van der Waals surface area contributed by atoms with Gasteiger partial charge in [0.2, 0.25) is 5.91 Å². The molecule has 1 aromatic rings. The van der Waals surface area contributed by atoms with E-state index in [1.54, 1.807) is 24.3 Å². The third-order valence-corrected chi connectivity index (χ3v) is 5.84. The molecule has 1 aliphatic rings. The molecule has 1 N–H and O–H groups in total. The molecule has 0 saturated heterocycles. The highest BCUT2D eigenvalue weighted by Gasteiger charge is 2.25. The molecule has 122 valence electrons. The monoisotopic (exact) mass is 343 g/mol. The second kappa shape index (κ2) is 7.47. The zero-order chi connectivity index (χ0) is 16.2. The predicted molar refractivity (Wildman–Crippen MR) is 88.5 cm³/mol. The number of hydrogen-bond donors (Lipinski definition) is 1. The average Bonchev–Trinajstić information content (AvgIpc) is 2.43. The van der Waals surface area contributed by atoms with E-state index in [4.69, 9.17) is 11.6 Å². The van der Waals surface area contributed by atoms with Gasteiger partial charge in [-0.15, -0.1) is 0 Å². The van der Waals surface area contributed by atoms with E-state index in [-0.39, 0.29) is 11.8 Å². The van der Waals surface area contributed by atoms with Crippen molar-refractivity contribution in [1.82, 2.24) is 5.32 Å². The van der Waals surface area contributed by atoms with E-state index in [1.807, 2.05) is 0 Å². The van der Waals surface area contributed by atoms with Gasteiger partial charge in [-0.05, 0) is 36.5 Å². The number of nitrogens with one attached hydrogen (secondary N) is 1. The molecule has 22 heavy (non-hydrogen) atoms. The Kier molecular flexibility index (Phi) is 5.87. The Morgan fingerprint density at radius 1 is 1.23 bits per heavy atom. The van der Waals surface area contributed by atoms with Crippen LogP contribution in [0.5, 0.6) is 0 Å². The van der Waals surface area contributed by atoms with Crippen molar-refractivity contribution >= 4 is 27.3 Å². The largest absolute Gasteiger partial charge is 0.352 e. The predicted octanol–water partition coefficient (Wildman–Crippen LogP) is 2.95. The number of sulfone groups is 1. The van der Waals surface area contributed by atoms with Crippen LogP contribution in [0, 0.1) is 5.92 Å². The van der Waals surface area contributed by atoms with Crippen LogP contribution in [-0.4, -0.2) is 26.1 Å². The first-order valence-corrected chi connectivity index (χ1v) is 9.80. The summed E-state index contributed by atoms with van der Waals surface area (Å²) in [6, 6.07) is 6.74. The van der Waals surface area contributed by atoms with Crippen LogP contribution in [0.4, 0.5) is 0 Å². The maximum absolute atomic E-state index is 12.1. The molecular formula is C16H22ClNO3S. The molecule has 0 radical (unpaired) electrons. The van der Waals surface area contributed by atoms with Gasteiger partial charge in [0.15, 0.2) is 9.84 Å². The molecule has 1 amide bonds. The number of carbonyl (C=O) groups is 1. The number of benzene rings is 1. The van der Waals surface area contributed by atoms with Gasteiger partial charge in [0.1, 0.15) is 5.75 Å². The summed E-state index contributed by atoms with van der Waals surface area (Å²) in [5.41, 5.74) is 0.642. The zero-order valence-corrected chi connectivity index (χ0v) is 14.3. The van der Waals surface area contributed by atoms with Crippen molar-refractivity contribution in [2.45, 2.75) is 44.4 Å². The Morgan fingerprint density at radius 2 is 1.86 bits per heavy atom. The maximum atomic E-state index is 12.1. The first-order valence-electron chi connectivity index (χ1n) is 7.60. The molecule has 0 spiro atoms. The Bertz CT molecular complexity index is 613. The molecule has 2 atom stereocenters. The van der Waals surface area contributed by atoms with Crippen molar-refractivity contribution in [2.75, 3.05) is 5.75 Å². The second-order valence-corrected chi connectivity index (χ2v) is 8.60. The molecule has 0 bridgehead atoms. The molecule has 0 heterocycles. The van der Waals surface area contributed by atoms with E-state index in [0.29, 0.717) is 16.5 Å². The van der Waals surface area contributed by atoms with Gasteiger partial charge < -0.3 is 5.32 Å². The molecule has 1 fully saturated rings. The Balaban J connectivity index is 1.90. The number of carbonyl (C=O) groups excluding carboxylic acids is 1. The average molecular weight is 344 g/mol. The van der Waals surface area contributed by atoms with Gasteiger partial charge >= 0.3 is 0 Å². The van der Waals surface area contributed by atoms with Crippen LogP contribution < -0.4 is 5.32 Å².